The molecule has 0 saturated heterocycles. The normalized spacial score (nSPS) is 10.9. The molecule has 4 aromatic rings. The van der Waals surface area contributed by atoms with E-state index in [1.54, 1.807) is 24.3 Å². The second kappa shape index (κ2) is 7.82. The number of aromatic nitrogens is 1. The first-order valence-electron chi connectivity index (χ1n) is 8.78. The highest BCUT2D eigenvalue weighted by molar-refractivity contribution is 7.22. The number of rotatable bonds is 6. The van der Waals surface area contributed by atoms with E-state index in [1.807, 2.05) is 25.1 Å². The van der Waals surface area contributed by atoms with Crippen molar-refractivity contribution < 1.29 is 18.3 Å². The molecule has 0 saturated carbocycles. The zero-order valence-corrected chi connectivity index (χ0v) is 15.9. The SMILES string of the molecule is CCOc1cccc2sc(N(Cc3ccco3)C(=O)c3ccccc3F)nc12. The Morgan fingerprint density at radius 2 is 2.04 bits per heavy atom. The quantitative estimate of drug-likeness (QED) is 0.445. The highest BCUT2D eigenvalue weighted by Crippen LogP contribution is 2.35. The van der Waals surface area contributed by atoms with Crippen molar-refractivity contribution in [1.29, 1.82) is 0 Å². The third-order valence-electron chi connectivity index (χ3n) is 4.14. The van der Waals surface area contributed by atoms with Gasteiger partial charge in [-0.25, -0.2) is 9.37 Å². The molecular weight excluding hydrogens is 379 g/mol. The van der Waals surface area contributed by atoms with Gasteiger partial charge in [-0.2, -0.15) is 0 Å². The number of amides is 1. The number of thiazole rings is 1. The minimum absolute atomic E-state index is 0.0154. The van der Waals surface area contributed by atoms with E-state index >= 15 is 0 Å². The zero-order chi connectivity index (χ0) is 19.5. The van der Waals surface area contributed by atoms with Crippen molar-refractivity contribution in [1.82, 2.24) is 4.98 Å². The van der Waals surface area contributed by atoms with Crippen LogP contribution >= 0.6 is 11.3 Å². The summed E-state index contributed by atoms with van der Waals surface area (Å²) >= 11 is 1.35. The lowest BCUT2D eigenvalue weighted by Crippen LogP contribution is -2.30. The second-order valence-electron chi connectivity index (χ2n) is 5.98. The van der Waals surface area contributed by atoms with Gasteiger partial charge in [0, 0.05) is 0 Å². The minimum Gasteiger partial charge on any atom is -0.492 e. The molecule has 0 aliphatic heterocycles. The van der Waals surface area contributed by atoms with Gasteiger partial charge in [-0.1, -0.05) is 29.5 Å². The van der Waals surface area contributed by atoms with E-state index in [9.17, 15) is 9.18 Å². The Kier molecular flexibility index (Phi) is 5.08. The third kappa shape index (κ3) is 3.48. The second-order valence-corrected chi connectivity index (χ2v) is 6.99. The Morgan fingerprint density at radius 3 is 2.79 bits per heavy atom. The fourth-order valence-electron chi connectivity index (χ4n) is 2.86. The van der Waals surface area contributed by atoms with Crippen LogP contribution in [0.1, 0.15) is 23.0 Å². The summed E-state index contributed by atoms with van der Waals surface area (Å²) in [6, 6.07) is 15.1. The number of ether oxygens (including phenoxy) is 1. The molecule has 142 valence electrons. The Hall–Kier alpha value is -3.19. The fraction of sp³-hybridized carbons (Fsp3) is 0.143. The summed E-state index contributed by atoms with van der Waals surface area (Å²) in [6.45, 7) is 2.55. The summed E-state index contributed by atoms with van der Waals surface area (Å²) in [5.74, 6) is 0.173. The number of carbonyl (C=O) groups is 1. The van der Waals surface area contributed by atoms with E-state index in [0.717, 1.165) is 4.70 Å². The standard InChI is InChI=1S/C21H17FN2O3S/c1-2-26-17-10-5-11-18-19(17)23-21(28-18)24(13-14-7-6-12-27-14)20(25)15-8-3-4-9-16(15)22/h3-12H,2,13H2,1H3. The first-order chi connectivity index (χ1) is 13.7. The average molecular weight is 396 g/mol. The van der Waals surface area contributed by atoms with Gasteiger partial charge >= 0.3 is 0 Å². The number of carbonyl (C=O) groups excluding carboxylic acids is 1. The van der Waals surface area contributed by atoms with Crippen LogP contribution in [0.15, 0.2) is 65.3 Å². The smallest absolute Gasteiger partial charge is 0.263 e. The molecule has 0 radical (unpaired) electrons. The number of nitrogens with zero attached hydrogens (tertiary/aromatic N) is 2. The van der Waals surface area contributed by atoms with Crippen LogP contribution in [0.5, 0.6) is 5.75 Å². The first-order valence-corrected chi connectivity index (χ1v) is 9.60. The molecule has 28 heavy (non-hydrogen) atoms. The molecule has 0 bridgehead atoms. The van der Waals surface area contributed by atoms with Gasteiger partial charge in [0.2, 0.25) is 0 Å². The fourth-order valence-corrected chi connectivity index (χ4v) is 3.84. The number of para-hydroxylation sites is 1. The van der Waals surface area contributed by atoms with Crippen molar-refractivity contribution in [3.8, 4) is 5.75 Å². The molecule has 0 unspecified atom stereocenters. The number of benzene rings is 2. The number of furan rings is 1. The Labute approximate surface area is 165 Å². The summed E-state index contributed by atoms with van der Waals surface area (Å²) in [7, 11) is 0. The van der Waals surface area contributed by atoms with Crippen LogP contribution in [0.2, 0.25) is 0 Å². The van der Waals surface area contributed by atoms with Crippen LogP contribution < -0.4 is 9.64 Å². The lowest BCUT2D eigenvalue weighted by atomic mass is 10.2. The molecule has 0 atom stereocenters. The van der Waals surface area contributed by atoms with E-state index in [4.69, 9.17) is 9.15 Å². The number of halogens is 1. The maximum atomic E-state index is 14.3. The Bertz CT molecular complexity index is 1110. The van der Waals surface area contributed by atoms with Crippen molar-refractivity contribution in [2.45, 2.75) is 13.5 Å². The molecule has 0 aliphatic rings. The zero-order valence-electron chi connectivity index (χ0n) is 15.1. The largest absolute Gasteiger partial charge is 0.492 e. The molecule has 7 heteroatoms. The minimum atomic E-state index is -0.576. The summed E-state index contributed by atoms with van der Waals surface area (Å²) in [4.78, 5) is 19.2. The maximum absolute atomic E-state index is 14.3. The molecule has 1 amide bonds. The van der Waals surface area contributed by atoms with Gasteiger partial charge in [0.1, 0.15) is 22.8 Å². The van der Waals surface area contributed by atoms with Crippen LogP contribution in [0, 0.1) is 5.82 Å². The van der Waals surface area contributed by atoms with Crippen molar-refractivity contribution in [2.24, 2.45) is 0 Å². The number of hydrogen-bond acceptors (Lipinski definition) is 5. The Balaban J connectivity index is 1.79. The van der Waals surface area contributed by atoms with Gasteiger partial charge in [-0.3, -0.25) is 9.69 Å². The van der Waals surface area contributed by atoms with E-state index in [1.165, 1.54) is 34.6 Å². The molecule has 2 aromatic carbocycles. The molecular formula is C21H17FN2O3S. The molecule has 0 spiro atoms. The molecule has 5 nitrogen and oxygen atoms in total. The Morgan fingerprint density at radius 1 is 1.18 bits per heavy atom. The van der Waals surface area contributed by atoms with Gasteiger partial charge in [-0.15, -0.1) is 0 Å². The summed E-state index contributed by atoms with van der Waals surface area (Å²) in [5, 5.41) is 0.451. The van der Waals surface area contributed by atoms with E-state index in [2.05, 4.69) is 4.98 Å². The molecule has 4 rings (SSSR count). The van der Waals surface area contributed by atoms with Crippen molar-refractivity contribution in [3.05, 3.63) is 78.0 Å². The van der Waals surface area contributed by atoms with Gasteiger partial charge in [0.05, 0.1) is 29.7 Å². The van der Waals surface area contributed by atoms with Crippen LogP contribution in [0.3, 0.4) is 0 Å². The van der Waals surface area contributed by atoms with Gasteiger partial charge in [0.15, 0.2) is 5.13 Å². The highest BCUT2D eigenvalue weighted by atomic mass is 32.1. The van der Waals surface area contributed by atoms with Crippen LogP contribution in [-0.4, -0.2) is 17.5 Å². The monoisotopic (exact) mass is 396 g/mol. The van der Waals surface area contributed by atoms with E-state index in [-0.39, 0.29) is 12.1 Å². The summed E-state index contributed by atoms with van der Waals surface area (Å²) < 4.78 is 26.2. The van der Waals surface area contributed by atoms with Gasteiger partial charge in [-0.05, 0) is 43.3 Å². The topological polar surface area (TPSA) is 55.6 Å². The first kappa shape index (κ1) is 18.2. The van der Waals surface area contributed by atoms with Crippen molar-refractivity contribution >= 4 is 32.6 Å². The number of fused-ring (bicyclic) bond motifs is 1. The number of anilines is 1. The lowest BCUT2D eigenvalue weighted by Gasteiger charge is -2.19. The molecule has 0 fully saturated rings. The molecule has 0 aliphatic carbocycles. The predicted molar refractivity (Wildman–Crippen MR) is 106 cm³/mol. The molecule has 2 aromatic heterocycles. The summed E-state index contributed by atoms with van der Waals surface area (Å²) in [5.41, 5.74) is 0.661. The van der Waals surface area contributed by atoms with Crippen LogP contribution in [0.4, 0.5) is 9.52 Å². The van der Waals surface area contributed by atoms with E-state index in [0.29, 0.717) is 28.8 Å². The third-order valence-corrected chi connectivity index (χ3v) is 5.19. The summed E-state index contributed by atoms with van der Waals surface area (Å²) in [6.07, 6.45) is 1.53. The van der Waals surface area contributed by atoms with Crippen molar-refractivity contribution in [2.75, 3.05) is 11.5 Å². The number of hydrogen-bond donors (Lipinski definition) is 0. The van der Waals surface area contributed by atoms with Gasteiger partial charge in [0.25, 0.3) is 5.91 Å². The molecule has 0 N–H and O–H groups in total. The van der Waals surface area contributed by atoms with Crippen molar-refractivity contribution in [3.63, 3.8) is 0 Å². The lowest BCUT2D eigenvalue weighted by molar-refractivity contribution is 0.0979. The maximum Gasteiger partial charge on any atom is 0.263 e. The molecule has 2 heterocycles. The predicted octanol–water partition coefficient (Wildman–Crippen LogP) is 5.27. The van der Waals surface area contributed by atoms with Gasteiger partial charge < -0.3 is 9.15 Å². The van der Waals surface area contributed by atoms with Crippen LogP contribution in [0.25, 0.3) is 10.2 Å². The average Bonchev–Trinajstić information content (AvgIpc) is 3.36. The van der Waals surface area contributed by atoms with Crippen LogP contribution in [-0.2, 0) is 6.54 Å². The van der Waals surface area contributed by atoms with E-state index < -0.39 is 11.7 Å². The highest BCUT2D eigenvalue weighted by Gasteiger charge is 2.25.